The predicted molar refractivity (Wildman–Crippen MR) is 97.3 cm³/mol. The lowest BCUT2D eigenvalue weighted by molar-refractivity contribution is -0.137. The first-order valence-corrected chi connectivity index (χ1v) is 9.54. The van der Waals surface area contributed by atoms with Gasteiger partial charge in [-0.15, -0.1) is 0 Å². The lowest BCUT2D eigenvalue weighted by Gasteiger charge is -2.35. The third kappa shape index (κ3) is 2.53. The van der Waals surface area contributed by atoms with Gasteiger partial charge in [0.15, 0.2) is 5.82 Å². The zero-order valence-corrected chi connectivity index (χ0v) is 14.9. The summed E-state index contributed by atoms with van der Waals surface area (Å²) in [5, 5.41) is 0. The molecule has 1 aromatic heterocycles. The van der Waals surface area contributed by atoms with Crippen LogP contribution < -0.4 is 0 Å². The maximum atomic E-state index is 12.7. The molecule has 0 radical (unpaired) electrons. The summed E-state index contributed by atoms with van der Waals surface area (Å²) < 4.78 is 5.89. The molecule has 5 rings (SSSR count). The Hall–Kier alpha value is -2.27. The zero-order valence-electron chi connectivity index (χ0n) is 14.9. The molecule has 0 N–H and O–H groups in total. The van der Waals surface area contributed by atoms with Crippen LogP contribution in [0, 0.1) is 5.92 Å². The number of ether oxygens (including phenoxy) is 1. The Morgan fingerprint density at radius 3 is 2.85 bits per heavy atom. The highest BCUT2D eigenvalue weighted by Crippen LogP contribution is 2.41. The number of hydrogen-bond donors (Lipinski definition) is 0. The molecule has 5 heteroatoms. The first-order chi connectivity index (χ1) is 12.8. The molecule has 1 amide bonds. The van der Waals surface area contributed by atoms with E-state index < -0.39 is 0 Å². The van der Waals surface area contributed by atoms with Crippen molar-refractivity contribution in [2.45, 2.75) is 37.7 Å². The zero-order chi connectivity index (χ0) is 17.6. The molecule has 26 heavy (non-hydrogen) atoms. The summed E-state index contributed by atoms with van der Waals surface area (Å²) in [6.07, 6.45) is 6.12. The number of benzene rings is 1. The van der Waals surface area contributed by atoms with Gasteiger partial charge in [-0.3, -0.25) is 4.79 Å². The molecule has 1 saturated heterocycles. The third-order valence-corrected chi connectivity index (χ3v) is 6.15. The minimum absolute atomic E-state index is 0.181. The number of amides is 1. The van der Waals surface area contributed by atoms with Crippen LogP contribution in [0.2, 0.25) is 0 Å². The van der Waals surface area contributed by atoms with E-state index in [1.807, 2.05) is 41.4 Å². The molecule has 2 aromatic rings. The molecular formula is C21H23N3O2. The van der Waals surface area contributed by atoms with Crippen molar-refractivity contribution in [2.24, 2.45) is 5.92 Å². The van der Waals surface area contributed by atoms with Gasteiger partial charge < -0.3 is 9.64 Å². The van der Waals surface area contributed by atoms with E-state index in [0.29, 0.717) is 19.1 Å². The lowest BCUT2D eigenvalue weighted by atomic mass is 9.80. The Labute approximate surface area is 153 Å². The Morgan fingerprint density at radius 2 is 2.08 bits per heavy atom. The van der Waals surface area contributed by atoms with Crippen LogP contribution in [0.3, 0.4) is 0 Å². The standard InChI is InChI=1S/C21H23N3O2/c25-20(16-7-4-8-16)24-10-9-21(13-24)14-26-12-17-11-22-19(23-18(17)21)15-5-2-1-3-6-15/h1-3,5-6,11,16H,4,7-10,12-14H2/t21-/m1/s1. The molecule has 1 spiro atoms. The summed E-state index contributed by atoms with van der Waals surface area (Å²) in [6, 6.07) is 10.1. The molecule has 0 unspecified atom stereocenters. The summed E-state index contributed by atoms with van der Waals surface area (Å²) in [4.78, 5) is 24.3. The summed E-state index contributed by atoms with van der Waals surface area (Å²) in [5.74, 6) is 1.34. The number of rotatable bonds is 2. The number of hydrogen-bond acceptors (Lipinski definition) is 4. The van der Waals surface area contributed by atoms with Crippen molar-refractivity contribution in [1.82, 2.24) is 14.9 Å². The van der Waals surface area contributed by atoms with E-state index in [1.54, 1.807) is 0 Å². The molecule has 134 valence electrons. The first kappa shape index (κ1) is 15.9. The van der Waals surface area contributed by atoms with Crippen LogP contribution in [0.4, 0.5) is 0 Å². The van der Waals surface area contributed by atoms with Gasteiger partial charge in [0.05, 0.1) is 24.3 Å². The molecule has 1 saturated carbocycles. The Morgan fingerprint density at radius 1 is 1.23 bits per heavy atom. The van der Waals surface area contributed by atoms with E-state index in [4.69, 9.17) is 9.72 Å². The number of carbonyl (C=O) groups is 1. The molecule has 3 aliphatic rings. The fourth-order valence-corrected chi connectivity index (χ4v) is 4.41. The van der Waals surface area contributed by atoms with E-state index in [0.717, 1.165) is 55.0 Å². The minimum Gasteiger partial charge on any atom is -0.376 e. The van der Waals surface area contributed by atoms with Gasteiger partial charge in [-0.1, -0.05) is 36.8 Å². The van der Waals surface area contributed by atoms with Gasteiger partial charge in [0.1, 0.15) is 0 Å². The van der Waals surface area contributed by atoms with E-state index in [2.05, 4.69) is 4.98 Å². The van der Waals surface area contributed by atoms with Crippen molar-refractivity contribution in [3.63, 3.8) is 0 Å². The molecular weight excluding hydrogens is 326 g/mol. The van der Waals surface area contributed by atoms with Gasteiger partial charge >= 0.3 is 0 Å². The van der Waals surface area contributed by atoms with Crippen molar-refractivity contribution >= 4 is 5.91 Å². The second-order valence-electron chi connectivity index (χ2n) is 7.84. The molecule has 1 aliphatic carbocycles. The van der Waals surface area contributed by atoms with E-state index in [1.165, 1.54) is 6.42 Å². The molecule has 3 heterocycles. The largest absolute Gasteiger partial charge is 0.376 e. The second kappa shape index (κ2) is 6.16. The number of aromatic nitrogens is 2. The summed E-state index contributed by atoms with van der Waals surface area (Å²) >= 11 is 0. The molecule has 5 nitrogen and oxygen atoms in total. The maximum Gasteiger partial charge on any atom is 0.225 e. The summed E-state index contributed by atoms with van der Waals surface area (Å²) in [7, 11) is 0. The monoisotopic (exact) mass is 349 g/mol. The van der Waals surface area contributed by atoms with Gasteiger partial charge in [-0.05, 0) is 19.3 Å². The van der Waals surface area contributed by atoms with E-state index in [-0.39, 0.29) is 11.3 Å². The highest BCUT2D eigenvalue weighted by Gasteiger charge is 2.47. The topological polar surface area (TPSA) is 55.3 Å². The number of nitrogens with zero attached hydrogens (tertiary/aromatic N) is 3. The van der Waals surface area contributed by atoms with Crippen LogP contribution in [0.25, 0.3) is 11.4 Å². The number of likely N-dealkylation sites (tertiary alicyclic amines) is 1. The van der Waals surface area contributed by atoms with Crippen LogP contribution in [0.1, 0.15) is 36.9 Å². The van der Waals surface area contributed by atoms with Crippen LogP contribution >= 0.6 is 0 Å². The van der Waals surface area contributed by atoms with Gasteiger partial charge in [0.25, 0.3) is 0 Å². The highest BCUT2D eigenvalue weighted by atomic mass is 16.5. The molecule has 2 fully saturated rings. The highest BCUT2D eigenvalue weighted by molar-refractivity contribution is 5.80. The molecule has 1 atom stereocenters. The number of carbonyl (C=O) groups excluding carboxylic acids is 1. The fourth-order valence-electron chi connectivity index (χ4n) is 4.41. The van der Waals surface area contributed by atoms with Crippen LogP contribution in [-0.4, -0.2) is 40.5 Å². The quantitative estimate of drug-likeness (QED) is 0.836. The average Bonchev–Trinajstić information content (AvgIpc) is 3.06. The van der Waals surface area contributed by atoms with Crippen LogP contribution in [0.15, 0.2) is 36.5 Å². The van der Waals surface area contributed by atoms with Crippen molar-refractivity contribution in [1.29, 1.82) is 0 Å². The van der Waals surface area contributed by atoms with Crippen LogP contribution in [0.5, 0.6) is 0 Å². The maximum absolute atomic E-state index is 12.7. The van der Waals surface area contributed by atoms with Crippen molar-refractivity contribution in [2.75, 3.05) is 19.7 Å². The van der Waals surface area contributed by atoms with Crippen molar-refractivity contribution in [3.05, 3.63) is 47.8 Å². The summed E-state index contributed by atoms with van der Waals surface area (Å²) in [6.45, 7) is 2.73. The van der Waals surface area contributed by atoms with Gasteiger partial charge in [-0.25, -0.2) is 9.97 Å². The SMILES string of the molecule is O=C(C1CCC1)N1CC[C@]2(COCc3cnc(-c4ccccc4)nc32)C1. The lowest BCUT2D eigenvalue weighted by Crippen LogP contribution is -2.43. The normalized spacial score (nSPS) is 25.2. The van der Waals surface area contributed by atoms with Gasteiger partial charge in [0, 0.05) is 36.3 Å². The van der Waals surface area contributed by atoms with Crippen molar-refractivity contribution in [3.8, 4) is 11.4 Å². The van der Waals surface area contributed by atoms with Gasteiger partial charge in [0.2, 0.25) is 5.91 Å². The molecule has 1 aromatic carbocycles. The molecule has 2 aliphatic heterocycles. The van der Waals surface area contributed by atoms with Gasteiger partial charge in [-0.2, -0.15) is 0 Å². The second-order valence-corrected chi connectivity index (χ2v) is 7.84. The average molecular weight is 349 g/mol. The minimum atomic E-state index is -0.181. The van der Waals surface area contributed by atoms with E-state index >= 15 is 0 Å². The number of fused-ring (bicyclic) bond motifs is 2. The Kier molecular flexibility index (Phi) is 3.78. The molecule has 0 bridgehead atoms. The Balaban J connectivity index is 1.48. The predicted octanol–water partition coefficient (Wildman–Crippen LogP) is 2.94. The van der Waals surface area contributed by atoms with E-state index in [9.17, 15) is 4.79 Å². The third-order valence-electron chi connectivity index (χ3n) is 6.15. The Bertz CT molecular complexity index is 834. The first-order valence-electron chi connectivity index (χ1n) is 9.54. The fraction of sp³-hybridized carbons (Fsp3) is 0.476. The van der Waals surface area contributed by atoms with Crippen molar-refractivity contribution < 1.29 is 9.53 Å². The smallest absolute Gasteiger partial charge is 0.225 e. The van der Waals surface area contributed by atoms with Crippen LogP contribution in [-0.2, 0) is 21.6 Å². The summed E-state index contributed by atoms with van der Waals surface area (Å²) in [5.41, 5.74) is 2.99.